The average molecular weight is 405 g/mol. The minimum atomic E-state index is -1.14. The minimum Gasteiger partial charge on any atom is -0.478 e. The molecule has 0 aliphatic heterocycles. The summed E-state index contributed by atoms with van der Waals surface area (Å²) >= 11 is 7.26. The number of aromatic nitrogens is 1. The van der Waals surface area contributed by atoms with Crippen molar-refractivity contribution in [3.63, 3.8) is 0 Å². The highest BCUT2D eigenvalue weighted by molar-refractivity contribution is 7.13. The number of halogens is 2. The predicted molar refractivity (Wildman–Crippen MR) is 106 cm³/mol. The Balaban J connectivity index is 1.78. The Hall–Kier alpha value is -2.44. The topological polar surface area (TPSA) is 51.2 Å². The molecule has 3 rings (SSSR count). The minimum absolute atomic E-state index is 0.291. The molecule has 1 aromatic heterocycles. The number of hydrogen-bond acceptors (Lipinski definition) is 4. The second-order valence-corrected chi connectivity index (χ2v) is 7.54. The van der Waals surface area contributed by atoms with Gasteiger partial charge in [-0.2, -0.15) is 0 Å². The third kappa shape index (κ3) is 5.28. The van der Waals surface area contributed by atoms with Gasteiger partial charge in [0.25, 0.3) is 5.91 Å². The highest BCUT2D eigenvalue weighted by Crippen LogP contribution is 2.26. The molecule has 0 aliphatic carbocycles. The van der Waals surface area contributed by atoms with Gasteiger partial charge >= 0.3 is 0 Å². The SMILES string of the molecule is CC(CCc1ccc(F)cc1)(Oc1ccc(Cl)cc1)C(=O)Nc1nccs1. The van der Waals surface area contributed by atoms with Gasteiger partial charge in [-0.15, -0.1) is 11.3 Å². The Bertz CT molecular complexity index is 885. The first kappa shape index (κ1) is 19.3. The van der Waals surface area contributed by atoms with Crippen LogP contribution in [-0.2, 0) is 11.2 Å². The number of benzene rings is 2. The maximum absolute atomic E-state index is 13.1. The number of carbonyl (C=O) groups is 1. The molecule has 7 heteroatoms. The number of nitrogens with one attached hydrogen (secondary N) is 1. The lowest BCUT2D eigenvalue weighted by Crippen LogP contribution is -2.46. The second-order valence-electron chi connectivity index (χ2n) is 6.20. The van der Waals surface area contributed by atoms with Crippen molar-refractivity contribution in [3.8, 4) is 5.75 Å². The lowest BCUT2D eigenvalue weighted by atomic mass is 9.95. The molecule has 1 heterocycles. The van der Waals surface area contributed by atoms with Crippen molar-refractivity contribution in [1.82, 2.24) is 4.98 Å². The Morgan fingerprint density at radius 3 is 2.56 bits per heavy atom. The van der Waals surface area contributed by atoms with Crippen LogP contribution in [0.3, 0.4) is 0 Å². The van der Waals surface area contributed by atoms with Crippen molar-refractivity contribution in [2.24, 2.45) is 0 Å². The number of amides is 1. The summed E-state index contributed by atoms with van der Waals surface area (Å²) in [5, 5.41) is 5.67. The van der Waals surface area contributed by atoms with Crippen molar-refractivity contribution in [2.45, 2.75) is 25.4 Å². The van der Waals surface area contributed by atoms with E-state index < -0.39 is 5.60 Å². The van der Waals surface area contributed by atoms with Crippen LogP contribution in [0.2, 0.25) is 5.02 Å². The molecule has 2 aromatic carbocycles. The zero-order chi connectivity index (χ0) is 19.3. The van der Waals surface area contributed by atoms with Crippen LogP contribution in [0.15, 0.2) is 60.1 Å². The van der Waals surface area contributed by atoms with E-state index in [9.17, 15) is 9.18 Å². The Morgan fingerprint density at radius 1 is 1.22 bits per heavy atom. The molecule has 0 bridgehead atoms. The first-order valence-corrected chi connectivity index (χ1v) is 9.60. The molecule has 1 unspecified atom stereocenters. The first-order chi connectivity index (χ1) is 12.9. The van der Waals surface area contributed by atoms with Crippen molar-refractivity contribution in [2.75, 3.05) is 5.32 Å². The maximum Gasteiger partial charge on any atom is 0.270 e. The van der Waals surface area contributed by atoms with Crippen LogP contribution in [0.4, 0.5) is 9.52 Å². The lowest BCUT2D eigenvalue weighted by Gasteiger charge is -2.29. The summed E-state index contributed by atoms with van der Waals surface area (Å²) in [6.45, 7) is 1.73. The van der Waals surface area contributed by atoms with Crippen LogP contribution in [0.1, 0.15) is 18.9 Å². The number of aryl methyl sites for hydroxylation is 1. The molecular formula is C20H18ClFN2O2S. The molecule has 140 valence electrons. The van der Waals surface area contributed by atoms with Crippen molar-refractivity contribution >= 4 is 34.0 Å². The average Bonchev–Trinajstić information content (AvgIpc) is 3.16. The molecule has 0 fully saturated rings. The summed E-state index contributed by atoms with van der Waals surface area (Å²) < 4.78 is 19.2. The summed E-state index contributed by atoms with van der Waals surface area (Å²) in [7, 11) is 0. The third-order valence-corrected chi connectivity index (χ3v) is 5.03. The smallest absolute Gasteiger partial charge is 0.270 e. The molecule has 4 nitrogen and oxygen atoms in total. The monoisotopic (exact) mass is 404 g/mol. The third-order valence-electron chi connectivity index (χ3n) is 4.09. The van der Waals surface area contributed by atoms with Crippen LogP contribution in [0.25, 0.3) is 0 Å². The fraction of sp³-hybridized carbons (Fsp3) is 0.200. The summed E-state index contributed by atoms with van der Waals surface area (Å²) in [4.78, 5) is 17.0. The zero-order valence-electron chi connectivity index (χ0n) is 14.6. The standard InChI is InChI=1S/C20H18ClFN2O2S/c1-20(18(25)24-19-23-12-13-27-19,26-17-8-4-15(21)5-9-17)11-10-14-2-6-16(22)7-3-14/h2-9,12-13H,10-11H2,1H3,(H,23,24,25). The number of nitrogens with zero attached hydrogens (tertiary/aromatic N) is 1. The van der Waals surface area contributed by atoms with Gasteiger partial charge in [0.2, 0.25) is 0 Å². The quantitative estimate of drug-likeness (QED) is 0.577. The van der Waals surface area contributed by atoms with Gasteiger partial charge in [0.15, 0.2) is 10.7 Å². The largest absolute Gasteiger partial charge is 0.478 e. The second kappa shape index (κ2) is 8.50. The summed E-state index contributed by atoms with van der Waals surface area (Å²) in [5.41, 5.74) is -0.224. The molecular weight excluding hydrogens is 387 g/mol. The van der Waals surface area contributed by atoms with E-state index in [0.717, 1.165) is 5.56 Å². The fourth-order valence-electron chi connectivity index (χ4n) is 2.52. The van der Waals surface area contributed by atoms with E-state index in [0.29, 0.717) is 28.7 Å². The number of ether oxygens (including phenoxy) is 1. The number of thiazole rings is 1. The summed E-state index contributed by atoms with van der Waals surface area (Å²) in [5.74, 6) is -0.0507. The van der Waals surface area contributed by atoms with Crippen LogP contribution in [0.5, 0.6) is 5.75 Å². The lowest BCUT2D eigenvalue weighted by molar-refractivity contribution is -0.130. The van der Waals surface area contributed by atoms with Gasteiger partial charge in [-0.3, -0.25) is 10.1 Å². The van der Waals surface area contributed by atoms with E-state index in [2.05, 4.69) is 10.3 Å². The van der Waals surface area contributed by atoms with E-state index in [1.807, 2.05) is 0 Å². The normalized spacial score (nSPS) is 13.0. The van der Waals surface area contributed by atoms with Crippen molar-refractivity contribution < 1.29 is 13.9 Å². The van der Waals surface area contributed by atoms with Gasteiger partial charge in [0.05, 0.1) is 0 Å². The van der Waals surface area contributed by atoms with Gasteiger partial charge in [0, 0.05) is 23.0 Å². The van der Waals surface area contributed by atoms with E-state index in [-0.39, 0.29) is 11.7 Å². The Labute approximate surface area is 166 Å². The molecule has 1 atom stereocenters. The fourth-order valence-corrected chi connectivity index (χ4v) is 3.17. The van der Waals surface area contributed by atoms with E-state index in [4.69, 9.17) is 16.3 Å². The van der Waals surface area contributed by atoms with Crippen LogP contribution >= 0.6 is 22.9 Å². The number of anilines is 1. The van der Waals surface area contributed by atoms with Gasteiger partial charge in [-0.05, 0) is 55.3 Å². The Kier molecular flexibility index (Phi) is 6.08. The van der Waals surface area contributed by atoms with Crippen molar-refractivity contribution in [3.05, 3.63) is 76.5 Å². The first-order valence-electron chi connectivity index (χ1n) is 8.35. The highest BCUT2D eigenvalue weighted by atomic mass is 35.5. The number of rotatable bonds is 7. The van der Waals surface area contributed by atoms with E-state index in [1.165, 1.54) is 23.5 Å². The van der Waals surface area contributed by atoms with Gasteiger partial charge in [-0.1, -0.05) is 23.7 Å². The summed E-state index contributed by atoms with van der Waals surface area (Å²) in [6, 6.07) is 13.1. The molecule has 0 radical (unpaired) electrons. The molecule has 0 aliphatic rings. The molecule has 27 heavy (non-hydrogen) atoms. The summed E-state index contributed by atoms with van der Waals surface area (Å²) in [6.07, 6.45) is 2.57. The van der Waals surface area contributed by atoms with Gasteiger partial charge in [0.1, 0.15) is 11.6 Å². The zero-order valence-corrected chi connectivity index (χ0v) is 16.2. The van der Waals surface area contributed by atoms with Crippen molar-refractivity contribution in [1.29, 1.82) is 0 Å². The van der Waals surface area contributed by atoms with Gasteiger partial charge < -0.3 is 4.74 Å². The Morgan fingerprint density at radius 2 is 1.93 bits per heavy atom. The molecule has 0 saturated heterocycles. The molecule has 0 saturated carbocycles. The number of hydrogen-bond donors (Lipinski definition) is 1. The van der Waals surface area contributed by atoms with Gasteiger partial charge in [-0.25, -0.2) is 9.37 Å². The molecule has 0 spiro atoms. The van der Waals surface area contributed by atoms with Crippen LogP contribution in [-0.4, -0.2) is 16.5 Å². The van der Waals surface area contributed by atoms with Crippen LogP contribution in [0, 0.1) is 5.82 Å². The number of carbonyl (C=O) groups excluding carboxylic acids is 1. The van der Waals surface area contributed by atoms with Crippen LogP contribution < -0.4 is 10.1 Å². The van der Waals surface area contributed by atoms with E-state index >= 15 is 0 Å². The molecule has 1 amide bonds. The molecule has 3 aromatic rings. The maximum atomic E-state index is 13.1. The van der Waals surface area contributed by atoms with E-state index in [1.54, 1.807) is 54.9 Å². The predicted octanol–water partition coefficient (Wildman–Crippen LogP) is 5.34. The molecule has 1 N–H and O–H groups in total. The highest BCUT2D eigenvalue weighted by Gasteiger charge is 2.36.